The first-order chi connectivity index (χ1) is 9.77. The molecule has 0 aliphatic heterocycles. The van der Waals surface area contributed by atoms with Crippen LogP contribution in [0.15, 0.2) is 6.33 Å². The molecule has 0 fully saturated rings. The molecular weight excluding hydrogens is 246 g/mol. The van der Waals surface area contributed by atoms with E-state index in [0.717, 1.165) is 19.4 Å². The number of aryl methyl sites for hydroxylation is 1. The maximum absolute atomic E-state index is 4.66. The lowest BCUT2D eigenvalue weighted by molar-refractivity contribution is 0.430. The van der Waals surface area contributed by atoms with E-state index in [9.17, 15) is 0 Å². The number of hydrogen-bond donors (Lipinski definition) is 1. The summed E-state index contributed by atoms with van der Waals surface area (Å²) in [4.78, 5) is 9.20. The minimum atomic E-state index is 0.474. The van der Waals surface area contributed by atoms with E-state index < -0.39 is 0 Å². The molecule has 20 heavy (non-hydrogen) atoms. The first-order valence-corrected chi connectivity index (χ1v) is 8.33. The summed E-state index contributed by atoms with van der Waals surface area (Å²) in [6.45, 7) is 7.91. The molecule has 0 aromatic carbocycles. The molecular formula is C17H29N3. The Morgan fingerprint density at radius 1 is 1.15 bits per heavy atom. The molecule has 0 saturated heterocycles. The topological polar surface area (TPSA) is 37.8 Å². The van der Waals surface area contributed by atoms with Gasteiger partial charge in [-0.25, -0.2) is 9.97 Å². The highest BCUT2D eigenvalue weighted by Gasteiger charge is 2.23. The van der Waals surface area contributed by atoms with Gasteiger partial charge in [0, 0.05) is 17.7 Å². The van der Waals surface area contributed by atoms with Crippen molar-refractivity contribution in [1.82, 2.24) is 15.3 Å². The molecule has 0 saturated carbocycles. The molecule has 0 radical (unpaired) electrons. The summed E-state index contributed by atoms with van der Waals surface area (Å²) in [7, 11) is 0. The Morgan fingerprint density at radius 3 is 2.70 bits per heavy atom. The number of rotatable bonds is 6. The Balaban J connectivity index is 2.22. The third kappa shape index (κ3) is 3.57. The zero-order chi connectivity index (χ0) is 14.4. The third-order valence-electron chi connectivity index (χ3n) is 4.54. The maximum Gasteiger partial charge on any atom is 0.115 e. The zero-order valence-corrected chi connectivity index (χ0v) is 13.3. The molecule has 3 heteroatoms. The van der Waals surface area contributed by atoms with Gasteiger partial charge in [0.2, 0.25) is 0 Å². The van der Waals surface area contributed by atoms with Crippen LogP contribution in [0.4, 0.5) is 0 Å². The van der Waals surface area contributed by atoms with E-state index in [1.807, 2.05) is 0 Å². The summed E-state index contributed by atoms with van der Waals surface area (Å²) in [6.07, 6.45) is 10.3. The molecule has 0 spiro atoms. The second kappa shape index (κ2) is 7.72. The van der Waals surface area contributed by atoms with Crippen LogP contribution in [0.3, 0.4) is 0 Å². The van der Waals surface area contributed by atoms with Crippen molar-refractivity contribution in [3.05, 3.63) is 23.3 Å². The van der Waals surface area contributed by atoms with E-state index >= 15 is 0 Å². The van der Waals surface area contributed by atoms with Gasteiger partial charge >= 0.3 is 0 Å². The Hall–Kier alpha value is -0.960. The standard InChI is InChI=1S/C17H29N3/c1-4-11-18-15(5-2)13(3)17-14-9-7-6-8-10-16(14)19-12-20-17/h12-13,15,18H,4-11H2,1-3H3. The fourth-order valence-electron chi connectivity index (χ4n) is 3.31. The smallest absolute Gasteiger partial charge is 0.115 e. The molecule has 112 valence electrons. The number of nitrogens with one attached hydrogen (secondary N) is 1. The van der Waals surface area contributed by atoms with Crippen molar-refractivity contribution in [3.63, 3.8) is 0 Å². The molecule has 2 rings (SSSR count). The van der Waals surface area contributed by atoms with Crippen molar-refractivity contribution in [2.24, 2.45) is 0 Å². The van der Waals surface area contributed by atoms with Gasteiger partial charge in [0.25, 0.3) is 0 Å². The second-order valence-corrected chi connectivity index (χ2v) is 6.00. The summed E-state index contributed by atoms with van der Waals surface area (Å²) in [5.41, 5.74) is 4.06. The third-order valence-corrected chi connectivity index (χ3v) is 4.54. The van der Waals surface area contributed by atoms with E-state index in [1.54, 1.807) is 6.33 Å². The molecule has 1 aromatic heterocycles. The predicted octanol–water partition coefficient (Wildman–Crippen LogP) is 3.63. The molecule has 1 N–H and O–H groups in total. The normalized spacial score (nSPS) is 18.1. The van der Waals surface area contributed by atoms with Crippen molar-refractivity contribution in [2.45, 2.75) is 77.7 Å². The van der Waals surface area contributed by atoms with Gasteiger partial charge in [-0.1, -0.05) is 27.2 Å². The Morgan fingerprint density at radius 2 is 1.95 bits per heavy atom. The number of aromatic nitrogens is 2. The van der Waals surface area contributed by atoms with E-state index in [-0.39, 0.29) is 0 Å². The highest BCUT2D eigenvalue weighted by Crippen LogP contribution is 2.28. The van der Waals surface area contributed by atoms with Gasteiger partial charge in [-0.05, 0) is 50.6 Å². The molecule has 1 aliphatic carbocycles. The summed E-state index contributed by atoms with van der Waals surface area (Å²) < 4.78 is 0. The van der Waals surface area contributed by atoms with Crippen molar-refractivity contribution in [3.8, 4) is 0 Å². The van der Waals surface area contributed by atoms with Gasteiger partial charge in [-0.15, -0.1) is 0 Å². The predicted molar refractivity (Wildman–Crippen MR) is 84.1 cm³/mol. The average Bonchev–Trinajstić information content (AvgIpc) is 2.72. The zero-order valence-electron chi connectivity index (χ0n) is 13.3. The Bertz CT molecular complexity index is 417. The molecule has 0 bridgehead atoms. The van der Waals surface area contributed by atoms with Crippen LogP contribution in [-0.4, -0.2) is 22.6 Å². The highest BCUT2D eigenvalue weighted by molar-refractivity contribution is 5.29. The van der Waals surface area contributed by atoms with Crippen molar-refractivity contribution >= 4 is 0 Å². The van der Waals surface area contributed by atoms with Gasteiger partial charge in [-0.3, -0.25) is 0 Å². The molecule has 1 heterocycles. The van der Waals surface area contributed by atoms with E-state index in [4.69, 9.17) is 0 Å². The number of nitrogens with zero attached hydrogens (tertiary/aromatic N) is 2. The monoisotopic (exact) mass is 275 g/mol. The van der Waals surface area contributed by atoms with Crippen LogP contribution in [0, 0.1) is 0 Å². The summed E-state index contributed by atoms with van der Waals surface area (Å²) in [6, 6.07) is 0.525. The van der Waals surface area contributed by atoms with Gasteiger partial charge in [-0.2, -0.15) is 0 Å². The molecule has 1 aliphatic rings. The molecule has 3 nitrogen and oxygen atoms in total. The van der Waals surface area contributed by atoms with E-state index in [1.165, 1.54) is 49.1 Å². The van der Waals surface area contributed by atoms with Crippen molar-refractivity contribution in [1.29, 1.82) is 0 Å². The number of hydrogen-bond acceptors (Lipinski definition) is 3. The summed E-state index contributed by atoms with van der Waals surface area (Å²) >= 11 is 0. The minimum absolute atomic E-state index is 0.474. The lowest BCUT2D eigenvalue weighted by atomic mass is 9.90. The van der Waals surface area contributed by atoms with Gasteiger partial charge in [0.1, 0.15) is 6.33 Å². The SMILES string of the molecule is CCCNC(CC)C(C)c1ncnc2c1CCCCC2. The van der Waals surface area contributed by atoms with Crippen LogP contribution in [0.2, 0.25) is 0 Å². The van der Waals surface area contributed by atoms with Crippen molar-refractivity contribution < 1.29 is 0 Å². The fraction of sp³-hybridized carbons (Fsp3) is 0.765. The Kier molecular flexibility index (Phi) is 5.96. The van der Waals surface area contributed by atoms with Crippen LogP contribution in [0.5, 0.6) is 0 Å². The van der Waals surface area contributed by atoms with Crippen molar-refractivity contribution in [2.75, 3.05) is 6.54 Å². The molecule has 2 atom stereocenters. The van der Waals surface area contributed by atoms with Crippen LogP contribution in [0.1, 0.15) is 75.7 Å². The lowest BCUT2D eigenvalue weighted by Crippen LogP contribution is -2.34. The summed E-state index contributed by atoms with van der Waals surface area (Å²) in [5.74, 6) is 0.474. The molecule has 2 unspecified atom stereocenters. The molecule has 0 amide bonds. The summed E-state index contributed by atoms with van der Waals surface area (Å²) in [5, 5.41) is 3.68. The second-order valence-electron chi connectivity index (χ2n) is 6.00. The van der Waals surface area contributed by atoms with Gasteiger partial charge in [0.05, 0.1) is 5.69 Å². The van der Waals surface area contributed by atoms with Gasteiger partial charge < -0.3 is 5.32 Å². The first kappa shape index (κ1) is 15.4. The molecule has 1 aromatic rings. The van der Waals surface area contributed by atoms with Crippen LogP contribution in [-0.2, 0) is 12.8 Å². The van der Waals surface area contributed by atoms with E-state index in [0.29, 0.717) is 12.0 Å². The number of fused-ring (bicyclic) bond motifs is 1. The first-order valence-electron chi connectivity index (χ1n) is 8.33. The van der Waals surface area contributed by atoms with Crippen LogP contribution >= 0.6 is 0 Å². The highest BCUT2D eigenvalue weighted by atomic mass is 14.9. The van der Waals surface area contributed by atoms with Crippen LogP contribution in [0.25, 0.3) is 0 Å². The fourth-order valence-corrected chi connectivity index (χ4v) is 3.31. The average molecular weight is 275 g/mol. The quantitative estimate of drug-likeness (QED) is 0.806. The lowest BCUT2D eigenvalue weighted by Gasteiger charge is -2.25. The largest absolute Gasteiger partial charge is 0.313 e. The Labute approximate surface area is 123 Å². The minimum Gasteiger partial charge on any atom is -0.313 e. The van der Waals surface area contributed by atoms with Crippen LogP contribution < -0.4 is 5.32 Å². The van der Waals surface area contributed by atoms with E-state index in [2.05, 4.69) is 36.1 Å². The maximum atomic E-state index is 4.66. The van der Waals surface area contributed by atoms with Gasteiger partial charge in [0.15, 0.2) is 0 Å².